The lowest BCUT2D eigenvalue weighted by Crippen LogP contribution is -2.52. The molecule has 0 radical (unpaired) electrons. The first-order valence-corrected chi connectivity index (χ1v) is 8.69. The summed E-state index contributed by atoms with van der Waals surface area (Å²) in [6.07, 6.45) is 13.6. The quantitative estimate of drug-likeness (QED) is 0.537. The number of alkyl halides is 2. The summed E-state index contributed by atoms with van der Waals surface area (Å²) in [5.74, 6) is 2.52. The largest absolute Gasteiger partial charge is 0.371 e. The first-order valence-electron chi connectivity index (χ1n) is 6.85. The maximum atomic E-state index is 6.27. The van der Waals surface area contributed by atoms with Crippen LogP contribution in [0.1, 0.15) is 32.6 Å². The fourth-order valence-corrected chi connectivity index (χ4v) is 4.36. The molecule has 3 saturated heterocycles. The van der Waals surface area contributed by atoms with Crippen LogP contribution in [0.25, 0.3) is 0 Å². The van der Waals surface area contributed by atoms with Gasteiger partial charge >= 0.3 is 0 Å². The molecule has 19 heavy (non-hydrogen) atoms. The van der Waals surface area contributed by atoms with Gasteiger partial charge in [0.15, 0.2) is 0 Å². The van der Waals surface area contributed by atoms with Crippen LogP contribution < -0.4 is 0 Å². The molecule has 0 spiro atoms. The number of ether oxygens (including phenoxy) is 2. The normalized spacial score (nSPS) is 42.8. The molecule has 0 aromatic carbocycles. The van der Waals surface area contributed by atoms with E-state index >= 15 is 0 Å². The molecule has 2 nitrogen and oxygen atoms in total. The zero-order chi connectivity index (χ0) is 13.8. The van der Waals surface area contributed by atoms with Crippen molar-refractivity contribution in [3.63, 3.8) is 0 Å². The third-order valence-electron chi connectivity index (χ3n) is 3.82. The first-order chi connectivity index (χ1) is 9.15. The van der Waals surface area contributed by atoms with Gasteiger partial charge < -0.3 is 9.47 Å². The van der Waals surface area contributed by atoms with Gasteiger partial charge in [0.25, 0.3) is 0 Å². The highest BCUT2D eigenvalue weighted by atomic mass is 79.9. The topological polar surface area (TPSA) is 18.5 Å². The van der Waals surface area contributed by atoms with E-state index in [1.54, 1.807) is 6.08 Å². The van der Waals surface area contributed by atoms with Gasteiger partial charge in [0.2, 0.25) is 0 Å². The monoisotopic (exact) mass is 390 g/mol. The van der Waals surface area contributed by atoms with Crippen molar-refractivity contribution in [1.82, 2.24) is 0 Å². The summed E-state index contributed by atoms with van der Waals surface area (Å²) < 4.78 is 12.5. The summed E-state index contributed by atoms with van der Waals surface area (Å²) in [5, 5.41) is 0. The van der Waals surface area contributed by atoms with Gasteiger partial charge in [-0.05, 0) is 31.8 Å². The van der Waals surface area contributed by atoms with E-state index < -0.39 is 0 Å². The number of rotatable bonds is 3. The van der Waals surface area contributed by atoms with Crippen LogP contribution in [-0.4, -0.2) is 34.1 Å². The summed E-state index contributed by atoms with van der Waals surface area (Å²) in [5.41, 5.74) is 0. The average Bonchev–Trinajstić information content (AvgIpc) is 2.38. The molecule has 0 unspecified atom stereocenters. The zero-order valence-electron chi connectivity index (χ0n) is 11.1. The second-order valence-electron chi connectivity index (χ2n) is 5.14. The third kappa shape index (κ3) is 3.85. The highest BCUT2D eigenvalue weighted by molar-refractivity contribution is 9.09. The number of allylic oxidation sites excluding steroid dienone is 1. The first kappa shape index (κ1) is 15.6. The van der Waals surface area contributed by atoms with E-state index in [0.717, 1.165) is 25.7 Å². The Hall–Kier alpha value is 0.180. The molecule has 0 aliphatic carbocycles. The highest BCUT2D eigenvalue weighted by Gasteiger charge is 2.42. The Kier molecular flexibility index (Phi) is 5.95. The van der Waals surface area contributed by atoms with Crippen molar-refractivity contribution in [3.05, 3.63) is 12.2 Å². The smallest absolute Gasteiger partial charge is 0.0876 e. The predicted octanol–water partition coefficient (Wildman–Crippen LogP) is 3.82. The number of hydrogen-bond donors (Lipinski definition) is 0. The van der Waals surface area contributed by atoms with Crippen molar-refractivity contribution in [2.75, 3.05) is 0 Å². The number of fused-ring (bicyclic) bond motifs is 5. The molecule has 0 amide bonds. The van der Waals surface area contributed by atoms with Crippen LogP contribution in [0.5, 0.6) is 0 Å². The Bertz CT molecular complexity index is 364. The Morgan fingerprint density at radius 1 is 1.16 bits per heavy atom. The van der Waals surface area contributed by atoms with E-state index in [-0.39, 0.29) is 24.4 Å². The predicted molar refractivity (Wildman–Crippen MR) is 84.9 cm³/mol. The maximum Gasteiger partial charge on any atom is 0.0876 e. The lowest BCUT2D eigenvalue weighted by molar-refractivity contribution is -0.173. The molecule has 0 aromatic heterocycles. The molecular weight excluding hydrogens is 372 g/mol. The van der Waals surface area contributed by atoms with Crippen molar-refractivity contribution in [2.45, 2.75) is 66.7 Å². The summed E-state index contributed by atoms with van der Waals surface area (Å²) in [4.78, 5) is 0.746. The Morgan fingerprint density at radius 2 is 1.84 bits per heavy atom. The maximum absolute atomic E-state index is 6.27. The van der Waals surface area contributed by atoms with Crippen LogP contribution in [0, 0.1) is 12.3 Å². The van der Waals surface area contributed by atoms with Crippen molar-refractivity contribution < 1.29 is 9.47 Å². The van der Waals surface area contributed by atoms with Crippen molar-refractivity contribution in [3.8, 4) is 12.3 Å². The van der Waals surface area contributed by atoms with E-state index in [4.69, 9.17) is 15.9 Å². The molecular formula is C15H20Br2O2. The van der Waals surface area contributed by atoms with Gasteiger partial charge in [-0.1, -0.05) is 50.8 Å². The van der Waals surface area contributed by atoms with E-state index in [1.807, 2.05) is 6.08 Å². The van der Waals surface area contributed by atoms with Crippen molar-refractivity contribution in [1.29, 1.82) is 0 Å². The molecule has 0 aromatic rings. The van der Waals surface area contributed by atoms with E-state index in [2.05, 4.69) is 44.7 Å². The van der Waals surface area contributed by atoms with Gasteiger partial charge in [0, 0.05) is 9.65 Å². The summed E-state index contributed by atoms with van der Waals surface area (Å²) in [7, 11) is 0. The van der Waals surface area contributed by atoms with Crippen LogP contribution in [-0.2, 0) is 9.47 Å². The fraction of sp³-hybridized carbons (Fsp3) is 0.733. The fourth-order valence-electron chi connectivity index (χ4n) is 2.78. The van der Waals surface area contributed by atoms with E-state index in [0.29, 0.717) is 9.65 Å². The van der Waals surface area contributed by atoms with Gasteiger partial charge in [-0.15, -0.1) is 6.42 Å². The molecule has 0 saturated carbocycles. The molecule has 4 heteroatoms. The van der Waals surface area contributed by atoms with Gasteiger partial charge in [0.05, 0.1) is 24.4 Å². The molecule has 3 fully saturated rings. The molecule has 0 N–H and O–H groups in total. The van der Waals surface area contributed by atoms with Crippen LogP contribution >= 0.6 is 31.9 Å². The summed E-state index contributed by atoms with van der Waals surface area (Å²) in [6, 6.07) is 0. The van der Waals surface area contributed by atoms with Crippen molar-refractivity contribution >= 4 is 31.9 Å². The lowest BCUT2D eigenvalue weighted by Gasteiger charge is -2.45. The Morgan fingerprint density at radius 3 is 2.53 bits per heavy atom. The average molecular weight is 392 g/mol. The SMILES string of the molecule is C#C/C=C/C[C@H]1O[C@@H]2C[C@H](Br)[C@@H](CC)O[C@H]1C[C@@H]2Br. The Labute approximate surface area is 132 Å². The van der Waals surface area contributed by atoms with Crippen molar-refractivity contribution in [2.24, 2.45) is 0 Å². The highest BCUT2D eigenvalue weighted by Crippen LogP contribution is 2.38. The second-order valence-corrected chi connectivity index (χ2v) is 7.49. The summed E-state index contributed by atoms with van der Waals surface area (Å²) in [6.45, 7) is 2.17. The molecule has 3 aliphatic heterocycles. The zero-order valence-corrected chi connectivity index (χ0v) is 14.3. The van der Waals surface area contributed by atoms with Crippen LogP contribution in [0.3, 0.4) is 0 Å². The molecule has 3 heterocycles. The molecule has 106 valence electrons. The molecule has 3 rings (SSSR count). The Balaban J connectivity index is 2.09. The van der Waals surface area contributed by atoms with Crippen LogP contribution in [0.15, 0.2) is 12.2 Å². The number of halogens is 2. The minimum atomic E-state index is 0.123. The standard InChI is InChI=1S/C15H20Br2O2/c1-3-5-6-7-13-15-9-11(17)14(19-13)8-10(16)12(4-2)18-15/h1,5-6,10-15H,4,7-9H2,2H3/b6-5+/t10-,11-,12+,13+,14+,15-/m0/s1. The molecule has 6 atom stereocenters. The van der Waals surface area contributed by atoms with Crippen LogP contribution in [0.4, 0.5) is 0 Å². The van der Waals surface area contributed by atoms with E-state index in [9.17, 15) is 0 Å². The van der Waals surface area contributed by atoms with Gasteiger partial charge in [0.1, 0.15) is 0 Å². The summed E-state index contributed by atoms with van der Waals surface area (Å²) >= 11 is 7.48. The minimum Gasteiger partial charge on any atom is -0.371 e. The van der Waals surface area contributed by atoms with Crippen LogP contribution in [0.2, 0.25) is 0 Å². The lowest BCUT2D eigenvalue weighted by atomic mass is 9.92. The van der Waals surface area contributed by atoms with E-state index in [1.165, 1.54) is 0 Å². The van der Waals surface area contributed by atoms with Gasteiger partial charge in [-0.25, -0.2) is 0 Å². The van der Waals surface area contributed by atoms with Gasteiger partial charge in [-0.2, -0.15) is 0 Å². The molecule has 3 aliphatic rings. The van der Waals surface area contributed by atoms with Gasteiger partial charge in [-0.3, -0.25) is 0 Å². The minimum absolute atomic E-state index is 0.123. The number of hydrogen-bond acceptors (Lipinski definition) is 2. The second kappa shape index (κ2) is 7.26. The third-order valence-corrected chi connectivity index (χ3v) is 5.75. The molecule has 2 bridgehead atoms. The number of terminal acetylenes is 1.